The molecule has 0 heterocycles. The summed E-state index contributed by atoms with van der Waals surface area (Å²) in [6, 6.07) is 0. The van der Waals surface area contributed by atoms with Gasteiger partial charge in [0, 0.05) is 19.5 Å². The monoisotopic (exact) mass is 420 g/mol. The van der Waals surface area contributed by atoms with E-state index in [0.717, 1.165) is 63.2 Å². The molecule has 0 rings (SSSR count). The molecule has 0 spiro atoms. The minimum atomic E-state index is -0.762. The summed E-state index contributed by atoms with van der Waals surface area (Å²) in [4.78, 5) is 23.3. The Morgan fingerprint density at radius 2 is 1.68 bits per heavy atom. The van der Waals surface area contributed by atoms with Crippen LogP contribution in [0, 0.1) is 11.8 Å². The molecule has 0 aliphatic heterocycles. The number of aliphatic carboxylic acids is 1. The number of carboxylic acids is 1. The Balaban J connectivity index is 4.17. The van der Waals surface area contributed by atoms with Gasteiger partial charge in [-0.3, -0.25) is 4.79 Å². The Hall–Kier alpha value is -0.790. The van der Waals surface area contributed by atoms with Gasteiger partial charge < -0.3 is 19.1 Å². The molecule has 166 valence electrons. The van der Waals surface area contributed by atoms with Crippen LogP contribution in [0.3, 0.4) is 0 Å². The molecule has 0 aromatic carbocycles. The van der Waals surface area contributed by atoms with Crippen molar-refractivity contribution in [2.45, 2.75) is 52.4 Å². The molecule has 7 heteroatoms. The molecular formula is C21H42NO5S+. The highest BCUT2D eigenvalue weighted by atomic mass is 32.2. The summed E-state index contributed by atoms with van der Waals surface area (Å²) >= 11 is 1.83. The van der Waals surface area contributed by atoms with Crippen LogP contribution in [0.4, 0.5) is 0 Å². The Morgan fingerprint density at radius 1 is 1.00 bits per heavy atom. The predicted octanol–water partition coefficient (Wildman–Crippen LogP) is 3.68. The van der Waals surface area contributed by atoms with Crippen molar-refractivity contribution in [2.24, 2.45) is 11.8 Å². The molecule has 0 aromatic rings. The number of ether oxygens (including phenoxy) is 2. The highest BCUT2D eigenvalue weighted by Gasteiger charge is 2.21. The highest BCUT2D eigenvalue weighted by molar-refractivity contribution is 7.99. The molecule has 0 aromatic heterocycles. The van der Waals surface area contributed by atoms with Crippen molar-refractivity contribution in [1.82, 2.24) is 0 Å². The van der Waals surface area contributed by atoms with Gasteiger partial charge in [-0.2, -0.15) is 11.8 Å². The van der Waals surface area contributed by atoms with E-state index < -0.39 is 5.97 Å². The van der Waals surface area contributed by atoms with Crippen LogP contribution in [0.15, 0.2) is 0 Å². The van der Waals surface area contributed by atoms with E-state index >= 15 is 0 Å². The number of rotatable bonds is 18. The van der Waals surface area contributed by atoms with Gasteiger partial charge in [-0.25, -0.2) is 4.79 Å². The van der Waals surface area contributed by atoms with Crippen LogP contribution in [-0.2, 0) is 19.1 Å². The first kappa shape index (κ1) is 27.2. The number of esters is 1. The van der Waals surface area contributed by atoms with Crippen LogP contribution in [0.2, 0.25) is 0 Å². The molecule has 1 N–H and O–H groups in total. The van der Waals surface area contributed by atoms with E-state index in [2.05, 4.69) is 13.8 Å². The van der Waals surface area contributed by atoms with E-state index in [0.29, 0.717) is 17.0 Å². The third kappa shape index (κ3) is 16.2. The molecule has 0 amide bonds. The molecule has 28 heavy (non-hydrogen) atoms. The van der Waals surface area contributed by atoms with Crippen molar-refractivity contribution < 1.29 is 28.7 Å². The van der Waals surface area contributed by atoms with Gasteiger partial charge in [0.2, 0.25) is 0 Å². The summed E-state index contributed by atoms with van der Waals surface area (Å²) in [6.45, 7) is 6.47. The first-order valence-electron chi connectivity index (χ1n) is 10.4. The van der Waals surface area contributed by atoms with E-state index in [9.17, 15) is 9.59 Å². The average molecular weight is 421 g/mol. The second kappa shape index (κ2) is 16.1. The fourth-order valence-electron chi connectivity index (χ4n) is 2.82. The minimum absolute atomic E-state index is 0.0242. The van der Waals surface area contributed by atoms with Gasteiger partial charge in [-0.05, 0) is 43.8 Å². The normalized spacial score (nSPS) is 12.9. The van der Waals surface area contributed by atoms with Crippen molar-refractivity contribution in [3.8, 4) is 0 Å². The van der Waals surface area contributed by atoms with E-state index in [-0.39, 0.29) is 18.4 Å². The van der Waals surface area contributed by atoms with Crippen molar-refractivity contribution in [2.75, 3.05) is 59.0 Å². The number of carboxylic acid groups (broad SMARTS) is 1. The molecule has 0 aliphatic carbocycles. The van der Waals surface area contributed by atoms with E-state index in [1.165, 1.54) is 0 Å². The Bertz CT molecular complexity index is 429. The lowest BCUT2D eigenvalue weighted by atomic mass is 9.97. The fourth-order valence-corrected chi connectivity index (χ4v) is 4.02. The molecule has 1 unspecified atom stereocenters. The fraction of sp³-hybridized carbons (Fsp3) is 0.905. The smallest absolute Gasteiger partial charge is 0.359 e. The second-order valence-corrected chi connectivity index (χ2v) is 9.73. The van der Waals surface area contributed by atoms with Gasteiger partial charge >= 0.3 is 11.9 Å². The molecule has 0 saturated carbocycles. The van der Waals surface area contributed by atoms with Gasteiger partial charge in [-0.1, -0.05) is 20.3 Å². The van der Waals surface area contributed by atoms with Gasteiger partial charge in [0.15, 0.2) is 6.54 Å². The number of methoxy groups -OCH3 is 1. The van der Waals surface area contributed by atoms with Gasteiger partial charge in [0.05, 0.1) is 33.2 Å². The summed E-state index contributed by atoms with van der Waals surface area (Å²) in [6.07, 6.45) is 5.54. The Labute approximate surface area is 175 Å². The quantitative estimate of drug-likeness (QED) is 0.207. The number of carbonyl (C=O) groups excluding carboxylic acids is 1. The lowest BCUT2D eigenvalue weighted by Crippen LogP contribution is -2.45. The highest BCUT2D eigenvalue weighted by Crippen LogP contribution is 2.19. The number of unbranched alkanes of at least 4 members (excludes halogenated alkanes) is 1. The van der Waals surface area contributed by atoms with Gasteiger partial charge in [0.25, 0.3) is 0 Å². The summed E-state index contributed by atoms with van der Waals surface area (Å²) < 4.78 is 11.1. The zero-order valence-corrected chi connectivity index (χ0v) is 19.4. The van der Waals surface area contributed by atoms with E-state index in [4.69, 9.17) is 14.6 Å². The molecule has 0 fully saturated rings. The number of hydrogen-bond acceptors (Lipinski definition) is 5. The minimum Gasteiger partial charge on any atom is -0.477 e. The van der Waals surface area contributed by atoms with Crippen molar-refractivity contribution in [3.05, 3.63) is 0 Å². The molecule has 0 saturated heterocycles. The number of nitrogens with zero attached hydrogens (tertiary/aromatic N) is 1. The second-order valence-electron chi connectivity index (χ2n) is 8.50. The molecular weight excluding hydrogens is 378 g/mol. The van der Waals surface area contributed by atoms with Crippen LogP contribution < -0.4 is 0 Å². The zero-order valence-electron chi connectivity index (χ0n) is 18.6. The summed E-state index contributed by atoms with van der Waals surface area (Å²) in [5.74, 6) is 1.61. The van der Waals surface area contributed by atoms with Crippen LogP contribution in [0.5, 0.6) is 0 Å². The van der Waals surface area contributed by atoms with Gasteiger partial charge in [0.1, 0.15) is 0 Å². The average Bonchev–Trinajstić information content (AvgIpc) is 2.58. The number of carbonyl (C=O) groups is 2. The first-order valence-corrected chi connectivity index (χ1v) is 11.6. The van der Waals surface area contributed by atoms with Crippen LogP contribution in [0.25, 0.3) is 0 Å². The third-order valence-electron chi connectivity index (χ3n) is 4.67. The van der Waals surface area contributed by atoms with Crippen LogP contribution in [0.1, 0.15) is 52.4 Å². The van der Waals surface area contributed by atoms with E-state index in [1.54, 1.807) is 7.11 Å². The maximum Gasteiger partial charge on any atom is 0.359 e. The van der Waals surface area contributed by atoms with E-state index in [1.807, 2.05) is 25.9 Å². The summed E-state index contributed by atoms with van der Waals surface area (Å²) in [5.41, 5.74) is 0. The topological polar surface area (TPSA) is 72.8 Å². The summed E-state index contributed by atoms with van der Waals surface area (Å²) in [5, 5.41) is 8.93. The third-order valence-corrected chi connectivity index (χ3v) is 5.72. The van der Waals surface area contributed by atoms with Crippen molar-refractivity contribution in [1.29, 1.82) is 0 Å². The molecule has 1 atom stereocenters. The number of likely N-dealkylation sites (N-methyl/N-ethyl adjacent to an activating group) is 1. The predicted molar refractivity (Wildman–Crippen MR) is 116 cm³/mol. The number of quaternary nitrogens is 1. The molecule has 6 nitrogen and oxygen atoms in total. The standard InChI is InChI=1S/C21H41NO5S/c1-18(2)11-14-27-21(25)19(9-6-7-13-26-5)10-8-15-28-16-12-22(3,4)17-20(23)24/h18-19H,6-17H2,1-5H3/p+1. The van der Waals surface area contributed by atoms with Gasteiger partial charge in [-0.15, -0.1) is 0 Å². The van der Waals surface area contributed by atoms with Crippen molar-refractivity contribution >= 4 is 23.7 Å². The van der Waals surface area contributed by atoms with Crippen LogP contribution >= 0.6 is 11.8 Å². The lowest BCUT2D eigenvalue weighted by Gasteiger charge is -2.27. The lowest BCUT2D eigenvalue weighted by molar-refractivity contribution is -0.880. The Kier molecular flexibility index (Phi) is 15.6. The summed E-state index contributed by atoms with van der Waals surface area (Å²) in [7, 11) is 5.58. The SMILES string of the molecule is COCCCCC(CCCSCC[N+](C)(C)CC(=O)O)C(=O)OCCC(C)C. The Morgan fingerprint density at radius 3 is 2.29 bits per heavy atom. The number of hydrogen-bond donors (Lipinski definition) is 1. The largest absolute Gasteiger partial charge is 0.477 e. The maximum absolute atomic E-state index is 12.4. The molecule has 0 aliphatic rings. The van der Waals surface area contributed by atoms with Crippen molar-refractivity contribution in [3.63, 3.8) is 0 Å². The van der Waals surface area contributed by atoms with Crippen LogP contribution in [-0.4, -0.2) is 80.5 Å². The molecule has 0 bridgehead atoms. The number of thioether (sulfide) groups is 1. The zero-order chi connectivity index (χ0) is 21.4. The maximum atomic E-state index is 12.4. The molecule has 0 radical (unpaired) electrons. The first-order chi connectivity index (χ1) is 13.2.